The Labute approximate surface area is 186 Å². The van der Waals surface area contributed by atoms with E-state index in [-0.39, 0.29) is 18.2 Å². The van der Waals surface area contributed by atoms with Gasteiger partial charge in [0.25, 0.3) is 0 Å². The first-order chi connectivity index (χ1) is 15.1. The molecule has 174 valence electrons. The van der Waals surface area contributed by atoms with Crippen LogP contribution in [0.2, 0.25) is 0 Å². The Hall–Kier alpha value is -3.14. The third-order valence-electron chi connectivity index (χ3n) is 5.17. The molecule has 3 rings (SSSR count). The topological polar surface area (TPSA) is 100 Å². The molecule has 1 aromatic carbocycles. The van der Waals surface area contributed by atoms with Crippen LogP contribution in [0.15, 0.2) is 35.5 Å². The number of hydrogen-bond donors (Lipinski definition) is 2. The Morgan fingerprint density at radius 1 is 1.12 bits per heavy atom. The molecule has 0 radical (unpaired) electrons. The van der Waals surface area contributed by atoms with Gasteiger partial charge in [0.2, 0.25) is 0 Å². The molecule has 3 amide bonds. The standard InChI is InChI=1S/C22H29FN4O5/c1-22(2,3)32-21(30)27-11-9-26(10-12-27)13-16-17(19(28)31-4)18(25-20(29)24-16)14-5-7-15(23)8-6-14/h5-8,18H,9-13H2,1-4H3,(H2,24,25,29). The summed E-state index contributed by atoms with van der Waals surface area (Å²) in [7, 11) is 1.27. The molecule has 32 heavy (non-hydrogen) atoms. The van der Waals surface area contributed by atoms with Crippen molar-refractivity contribution in [1.82, 2.24) is 20.4 Å². The van der Waals surface area contributed by atoms with Gasteiger partial charge in [-0.25, -0.2) is 18.8 Å². The summed E-state index contributed by atoms with van der Waals surface area (Å²) < 4.78 is 23.8. The Bertz CT molecular complexity index is 902. The summed E-state index contributed by atoms with van der Waals surface area (Å²) in [6.07, 6.45) is -0.363. The lowest BCUT2D eigenvalue weighted by Gasteiger charge is -2.37. The monoisotopic (exact) mass is 448 g/mol. The van der Waals surface area contributed by atoms with Gasteiger partial charge < -0.3 is 25.0 Å². The molecule has 2 N–H and O–H groups in total. The highest BCUT2D eigenvalue weighted by molar-refractivity contribution is 5.95. The zero-order valence-electron chi connectivity index (χ0n) is 18.7. The molecule has 1 unspecified atom stereocenters. The predicted octanol–water partition coefficient (Wildman–Crippen LogP) is 2.16. The van der Waals surface area contributed by atoms with Crippen molar-refractivity contribution in [2.24, 2.45) is 0 Å². The number of amides is 3. The van der Waals surface area contributed by atoms with E-state index >= 15 is 0 Å². The number of methoxy groups -OCH3 is 1. The number of ether oxygens (including phenoxy) is 2. The van der Waals surface area contributed by atoms with Crippen LogP contribution in [0.3, 0.4) is 0 Å². The van der Waals surface area contributed by atoms with Crippen molar-refractivity contribution in [2.45, 2.75) is 32.4 Å². The minimum Gasteiger partial charge on any atom is -0.466 e. The van der Waals surface area contributed by atoms with Crippen molar-refractivity contribution in [3.05, 3.63) is 46.9 Å². The SMILES string of the molecule is COC(=O)C1=C(CN2CCN(C(=O)OC(C)(C)C)CC2)NC(=O)NC1c1ccc(F)cc1. The normalized spacial score (nSPS) is 19.8. The van der Waals surface area contributed by atoms with E-state index in [1.165, 1.54) is 31.4 Å². The Morgan fingerprint density at radius 2 is 1.75 bits per heavy atom. The van der Waals surface area contributed by atoms with E-state index in [9.17, 15) is 18.8 Å². The van der Waals surface area contributed by atoms with Crippen LogP contribution in [0.1, 0.15) is 32.4 Å². The molecule has 0 aromatic heterocycles. The molecule has 1 atom stereocenters. The highest BCUT2D eigenvalue weighted by atomic mass is 19.1. The van der Waals surface area contributed by atoms with E-state index < -0.39 is 29.5 Å². The first-order valence-corrected chi connectivity index (χ1v) is 10.4. The molecule has 0 spiro atoms. The number of nitrogens with zero attached hydrogens (tertiary/aromatic N) is 2. The van der Waals surface area contributed by atoms with E-state index in [1.54, 1.807) is 4.90 Å². The maximum absolute atomic E-state index is 13.4. The van der Waals surface area contributed by atoms with Gasteiger partial charge >= 0.3 is 18.1 Å². The molecule has 2 aliphatic heterocycles. The van der Waals surface area contributed by atoms with Crippen LogP contribution in [0, 0.1) is 5.82 Å². The zero-order chi connectivity index (χ0) is 23.5. The van der Waals surface area contributed by atoms with Gasteiger partial charge in [0.1, 0.15) is 11.4 Å². The Balaban J connectivity index is 1.77. The molecular weight excluding hydrogens is 419 g/mol. The minimum absolute atomic E-state index is 0.258. The fourth-order valence-corrected chi connectivity index (χ4v) is 3.64. The minimum atomic E-state index is -0.769. The average molecular weight is 448 g/mol. The lowest BCUT2D eigenvalue weighted by atomic mass is 9.95. The summed E-state index contributed by atoms with van der Waals surface area (Å²) in [6, 6.07) is 4.35. The Kier molecular flexibility index (Phi) is 7.02. The third kappa shape index (κ3) is 5.76. The van der Waals surface area contributed by atoms with Crippen molar-refractivity contribution >= 4 is 18.1 Å². The van der Waals surface area contributed by atoms with Gasteiger partial charge in [-0.15, -0.1) is 0 Å². The van der Waals surface area contributed by atoms with Crippen LogP contribution in [0.4, 0.5) is 14.0 Å². The number of carbonyl (C=O) groups excluding carboxylic acids is 3. The summed E-state index contributed by atoms with van der Waals surface area (Å²) in [4.78, 5) is 40.9. The van der Waals surface area contributed by atoms with Gasteiger partial charge in [0.15, 0.2) is 0 Å². The van der Waals surface area contributed by atoms with E-state index in [4.69, 9.17) is 9.47 Å². The van der Waals surface area contributed by atoms with Crippen LogP contribution in [-0.2, 0) is 14.3 Å². The second-order valence-electron chi connectivity index (χ2n) is 8.71. The summed E-state index contributed by atoms with van der Waals surface area (Å²) >= 11 is 0. The van der Waals surface area contributed by atoms with Gasteiger partial charge in [-0.05, 0) is 38.5 Å². The van der Waals surface area contributed by atoms with Gasteiger partial charge in [0, 0.05) is 38.4 Å². The van der Waals surface area contributed by atoms with Gasteiger partial charge in [-0.2, -0.15) is 0 Å². The summed E-state index contributed by atoms with van der Waals surface area (Å²) in [5.74, 6) is -1.00. The zero-order valence-corrected chi connectivity index (χ0v) is 18.7. The van der Waals surface area contributed by atoms with E-state index in [2.05, 4.69) is 10.6 Å². The average Bonchev–Trinajstić information content (AvgIpc) is 2.72. The lowest BCUT2D eigenvalue weighted by molar-refractivity contribution is -0.136. The predicted molar refractivity (Wildman–Crippen MR) is 114 cm³/mol. The van der Waals surface area contributed by atoms with Gasteiger partial charge in [-0.3, -0.25) is 4.90 Å². The molecule has 0 saturated carbocycles. The highest BCUT2D eigenvalue weighted by Crippen LogP contribution is 2.28. The number of hydrogen-bond acceptors (Lipinski definition) is 6. The van der Waals surface area contributed by atoms with Crippen molar-refractivity contribution in [3.8, 4) is 0 Å². The van der Waals surface area contributed by atoms with Crippen LogP contribution in [0.25, 0.3) is 0 Å². The van der Waals surface area contributed by atoms with Crippen LogP contribution in [-0.4, -0.2) is 73.3 Å². The molecule has 9 nitrogen and oxygen atoms in total. The van der Waals surface area contributed by atoms with Crippen molar-refractivity contribution in [2.75, 3.05) is 39.8 Å². The van der Waals surface area contributed by atoms with Crippen LogP contribution >= 0.6 is 0 Å². The number of rotatable bonds is 4. The summed E-state index contributed by atoms with van der Waals surface area (Å²) in [5, 5.41) is 5.42. The largest absolute Gasteiger partial charge is 0.466 e. The molecular formula is C22H29FN4O5. The Morgan fingerprint density at radius 3 is 2.31 bits per heavy atom. The smallest absolute Gasteiger partial charge is 0.410 e. The molecule has 0 aliphatic carbocycles. The number of piperazine rings is 1. The summed E-state index contributed by atoms with van der Waals surface area (Å²) in [6.45, 7) is 7.76. The molecule has 2 aliphatic rings. The number of urea groups is 1. The van der Waals surface area contributed by atoms with Crippen molar-refractivity contribution < 1.29 is 28.2 Å². The molecule has 1 aromatic rings. The van der Waals surface area contributed by atoms with E-state index in [0.717, 1.165) is 0 Å². The number of halogens is 1. The molecule has 1 saturated heterocycles. The molecule has 10 heteroatoms. The van der Waals surface area contributed by atoms with E-state index in [1.807, 2.05) is 25.7 Å². The highest BCUT2D eigenvalue weighted by Gasteiger charge is 2.35. The maximum Gasteiger partial charge on any atom is 0.410 e. The molecule has 2 heterocycles. The quantitative estimate of drug-likeness (QED) is 0.685. The van der Waals surface area contributed by atoms with Crippen molar-refractivity contribution in [3.63, 3.8) is 0 Å². The lowest BCUT2D eigenvalue weighted by Crippen LogP contribution is -2.53. The van der Waals surface area contributed by atoms with Gasteiger partial charge in [-0.1, -0.05) is 12.1 Å². The number of carbonyl (C=O) groups is 3. The summed E-state index contributed by atoms with van der Waals surface area (Å²) in [5.41, 5.74) is 0.672. The van der Waals surface area contributed by atoms with Crippen LogP contribution in [0.5, 0.6) is 0 Å². The molecule has 0 bridgehead atoms. The fraction of sp³-hybridized carbons (Fsp3) is 0.500. The fourth-order valence-electron chi connectivity index (χ4n) is 3.64. The first kappa shape index (κ1) is 23.5. The second-order valence-corrected chi connectivity index (χ2v) is 8.71. The second kappa shape index (κ2) is 9.56. The number of nitrogens with one attached hydrogen (secondary N) is 2. The molecule has 1 fully saturated rings. The van der Waals surface area contributed by atoms with E-state index in [0.29, 0.717) is 37.4 Å². The third-order valence-corrected chi connectivity index (χ3v) is 5.17. The van der Waals surface area contributed by atoms with Crippen LogP contribution < -0.4 is 10.6 Å². The van der Waals surface area contributed by atoms with Crippen molar-refractivity contribution in [1.29, 1.82) is 0 Å². The first-order valence-electron chi connectivity index (χ1n) is 10.4. The maximum atomic E-state index is 13.4. The number of benzene rings is 1. The number of esters is 1. The van der Waals surface area contributed by atoms with Gasteiger partial charge in [0.05, 0.1) is 18.7 Å².